The number of aromatic carboxylic acids is 1. The smallest absolute Gasteiger partial charge is 0.337 e. The standard InChI is InChI=1S/C15H20N4O2/c1-11-8-12(2)19(18-11)7-3-6-16-10-14-5-4-13(9-17-14)15(20)21/h4-5,8-9,16H,3,6-7,10H2,1-2H3,(H,20,21). The molecule has 0 spiro atoms. The summed E-state index contributed by atoms with van der Waals surface area (Å²) < 4.78 is 2.01. The minimum Gasteiger partial charge on any atom is -0.478 e. The van der Waals surface area contributed by atoms with Gasteiger partial charge in [0.2, 0.25) is 0 Å². The fourth-order valence-corrected chi connectivity index (χ4v) is 2.13. The van der Waals surface area contributed by atoms with Crippen molar-refractivity contribution >= 4 is 5.97 Å². The molecule has 112 valence electrons. The van der Waals surface area contributed by atoms with Crippen LogP contribution in [0.25, 0.3) is 0 Å². The van der Waals surface area contributed by atoms with Crippen LogP contribution in [0.15, 0.2) is 24.4 Å². The summed E-state index contributed by atoms with van der Waals surface area (Å²) >= 11 is 0. The van der Waals surface area contributed by atoms with Gasteiger partial charge in [0.1, 0.15) is 0 Å². The van der Waals surface area contributed by atoms with E-state index in [9.17, 15) is 4.79 Å². The largest absolute Gasteiger partial charge is 0.478 e. The lowest BCUT2D eigenvalue weighted by molar-refractivity contribution is 0.0696. The highest BCUT2D eigenvalue weighted by Gasteiger charge is 2.03. The van der Waals surface area contributed by atoms with Crippen LogP contribution < -0.4 is 5.32 Å². The molecule has 0 aliphatic carbocycles. The monoisotopic (exact) mass is 288 g/mol. The minimum absolute atomic E-state index is 0.211. The quantitative estimate of drug-likeness (QED) is 0.759. The Balaban J connectivity index is 1.70. The third-order valence-corrected chi connectivity index (χ3v) is 3.20. The Labute approximate surface area is 123 Å². The zero-order valence-electron chi connectivity index (χ0n) is 12.3. The van der Waals surface area contributed by atoms with E-state index >= 15 is 0 Å². The van der Waals surface area contributed by atoms with E-state index < -0.39 is 5.97 Å². The Kier molecular flexibility index (Phi) is 5.05. The molecule has 0 aliphatic heterocycles. The molecule has 2 heterocycles. The molecule has 2 aromatic heterocycles. The molecule has 2 rings (SSSR count). The molecule has 0 bridgehead atoms. The summed E-state index contributed by atoms with van der Waals surface area (Å²) in [6.07, 6.45) is 2.37. The van der Waals surface area contributed by atoms with E-state index in [1.165, 1.54) is 11.9 Å². The lowest BCUT2D eigenvalue weighted by Crippen LogP contribution is -2.18. The number of rotatable bonds is 7. The summed E-state index contributed by atoms with van der Waals surface area (Å²) in [5.74, 6) is -0.952. The predicted molar refractivity (Wildman–Crippen MR) is 79.2 cm³/mol. The van der Waals surface area contributed by atoms with Crippen molar-refractivity contribution in [2.75, 3.05) is 6.54 Å². The van der Waals surface area contributed by atoms with Crippen LogP contribution in [-0.2, 0) is 13.1 Å². The topological polar surface area (TPSA) is 80.0 Å². The van der Waals surface area contributed by atoms with Crippen molar-refractivity contribution in [2.24, 2.45) is 0 Å². The first-order chi connectivity index (χ1) is 10.1. The van der Waals surface area contributed by atoms with Crippen molar-refractivity contribution < 1.29 is 9.90 Å². The molecule has 0 atom stereocenters. The van der Waals surface area contributed by atoms with Crippen LogP contribution in [0.1, 0.15) is 33.9 Å². The van der Waals surface area contributed by atoms with Gasteiger partial charge in [-0.1, -0.05) is 0 Å². The van der Waals surface area contributed by atoms with Gasteiger partial charge in [-0.25, -0.2) is 4.79 Å². The van der Waals surface area contributed by atoms with Crippen LogP contribution in [0.4, 0.5) is 0 Å². The third-order valence-electron chi connectivity index (χ3n) is 3.20. The predicted octanol–water partition coefficient (Wildman–Crippen LogP) is 1.77. The molecule has 0 aromatic carbocycles. The van der Waals surface area contributed by atoms with E-state index in [1.807, 2.05) is 11.6 Å². The number of carboxylic acids is 1. The van der Waals surface area contributed by atoms with Crippen molar-refractivity contribution in [3.05, 3.63) is 47.0 Å². The highest BCUT2D eigenvalue weighted by molar-refractivity contribution is 5.87. The SMILES string of the molecule is Cc1cc(C)n(CCCNCc2ccc(C(=O)O)cn2)n1. The Hall–Kier alpha value is -2.21. The molecule has 0 radical (unpaired) electrons. The Bertz CT molecular complexity index is 605. The van der Waals surface area contributed by atoms with Crippen LogP contribution in [-0.4, -0.2) is 32.4 Å². The van der Waals surface area contributed by atoms with Gasteiger partial charge in [-0.2, -0.15) is 5.10 Å². The van der Waals surface area contributed by atoms with Crippen molar-refractivity contribution in [3.63, 3.8) is 0 Å². The number of aryl methyl sites for hydroxylation is 3. The number of aromatic nitrogens is 3. The first kappa shape index (κ1) is 15.2. The molecule has 0 saturated carbocycles. The molecule has 0 saturated heterocycles. The van der Waals surface area contributed by atoms with Gasteiger partial charge in [0.05, 0.1) is 17.0 Å². The van der Waals surface area contributed by atoms with E-state index in [2.05, 4.69) is 28.4 Å². The lowest BCUT2D eigenvalue weighted by atomic mass is 10.2. The molecular weight excluding hydrogens is 268 g/mol. The highest BCUT2D eigenvalue weighted by Crippen LogP contribution is 2.03. The van der Waals surface area contributed by atoms with Crippen LogP contribution in [0.2, 0.25) is 0 Å². The number of pyridine rings is 1. The first-order valence-electron chi connectivity index (χ1n) is 6.96. The van der Waals surface area contributed by atoms with Crippen LogP contribution in [0.5, 0.6) is 0 Å². The van der Waals surface area contributed by atoms with Gasteiger partial charge >= 0.3 is 5.97 Å². The van der Waals surface area contributed by atoms with Gasteiger partial charge in [-0.15, -0.1) is 0 Å². The molecule has 6 nitrogen and oxygen atoms in total. The molecule has 6 heteroatoms. The fourth-order valence-electron chi connectivity index (χ4n) is 2.13. The number of hydrogen-bond donors (Lipinski definition) is 2. The van der Waals surface area contributed by atoms with Crippen molar-refractivity contribution in [3.8, 4) is 0 Å². The van der Waals surface area contributed by atoms with Gasteiger partial charge in [0.15, 0.2) is 0 Å². The van der Waals surface area contributed by atoms with E-state index in [-0.39, 0.29) is 5.56 Å². The van der Waals surface area contributed by atoms with Gasteiger partial charge in [0, 0.05) is 25.0 Å². The average molecular weight is 288 g/mol. The zero-order valence-corrected chi connectivity index (χ0v) is 12.3. The Morgan fingerprint density at radius 1 is 1.38 bits per heavy atom. The van der Waals surface area contributed by atoms with E-state index in [0.29, 0.717) is 6.54 Å². The first-order valence-corrected chi connectivity index (χ1v) is 6.96. The fraction of sp³-hybridized carbons (Fsp3) is 0.400. The van der Waals surface area contributed by atoms with Gasteiger partial charge < -0.3 is 10.4 Å². The van der Waals surface area contributed by atoms with Crippen molar-refractivity contribution in [1.82, 2.24) is 20.1 Å². The molecule has 0 amide bonds. The number of nitrogens with one attached hydrogen (secondary N) is 1. The molecule has 0 fully saturated rings. The molecular formula is C15H20N4O2. The minimum atomic E-state index is -0.952. The van der Waals surface area contributed by atoms with E-state index in [1.54, 1.807) is 12.1 Å². The second-order valence-electron chi connectivity index (χ2n) is 5.02. The molecule has 0 aliphatic rings. The van der Waals surface area contributed by atoms with Crippen LogP contribution >= 0.6 is 0 Å². The van der Waals surface area contributed by atoms with Gasteiger partial charge in [-0.3, -0.25) is 9.67 Å². The summed E-state index contributed by atoms with van der Waals surface area (Å²) in [7, 11) is 0. The molecule has 21 heavy (non-hydrogen) atoms. The maximum absolute atomic E-state index is 10.7. The average Bonchev–Trinajstić information content (AvgIpc) is 2.77. The number of hydrogen-bond acceptors (Lipinski definition) is 4. The summed E-state index contributed by atoms with van der Waals surface area (Å²) in [5, 5.41) is 16.5. The van der Waals surface area contributed by atoms with Gasteiger partial charge in [0.25, 0.3) is 0 Å². The normalized spacial score (nSPS) is 10.8. The summed E-state index contributed by atoms with van der Waals surface area (Å²) in [5.41, 5.74) is 3.27. The second-order valence-corrected chi connectivity index (χ2v) is 5.02. The lowest BCUT2D eigenvalue weighted by Gasteiger charge is -2.06. The molecule has 2 aromatic rings. The third kappa shape index (κ3) is 4.39. The Morgan fingerprint density at radius 2 is 2.19 bits per heavy atom. The summed E-state index contributed by atoms with van der Waals surface area (Å²) in [6, 6.07) is 5.38. The number of carbonyl (C=O) groups is 1. The number of carboxylic acid groups (broad SMARTS) is 1. The maximum Gasteiger partial charge on any atom is 0.337 e. The molecule has 0 unspecified atom stereocenters. The van der Waals surface area contributed by atoms with E-state index in [0.717, 1.165) is 30.9 Å². The molecule has 2 N–H and O–H groups in total. The Morgan fingerprint density at radius 3 is 2.76 bits per heavy atom. The summed E-state index contributed by atoms with van der Waals surface area (Å²) in [4.78, 5) is 14.8. The highest BCUT2D eigenvalue weighted by atomic mass is 16.4. The zero-order chi connectivity index (χ0) is 15.2. The maximum atomic E-state index is 10.7. The van der Waals surface area contributed by atoms with Crippen LogP contribution in [0.3, 0.4) is 0 Å². The van der Waals surface area contributed by atoms with Crippen LogP contribution in [0, 0.1) is 13.8 Å². The van der Waals surface area contributed by atoms with Crippen molar-refractivity contribution in [1.29, 1.82) is 0 Å². The van der Waals surface area contributed by atoms with E-state index in [4.69, 9.17) is 5.11 Å². The van der Waals surface area contributed by atoms with Gasteiger partial charge in [-0.05, 0) is 45.0 Å². The summed E-state index contributed by atoms with van der Waals surface area (Å²) in [6.45, 7) is 6.44. The number of nitrogens with zero attached hydrogens (tertiary/aromatic N) is 3. The van der Waals surface area contributed by atoms with Crippen molar-refractivity contribution in [2.45, 2.75) is 33.4 Å². The second kappa shape index (κ2) is 6.99.